The molecule has 2 heteroatoms. The summed E-state index contributed by atoms with van der Waals surface area (Å²) in [4.78, 5) is 0. The van der Waals surface area contributed by atoms with Crippen LogP contribution in [-0.2, 0) is 5.41 Å². The molecule has 1 aromatic rings. The molecule has 0 aromatic heterocycles. The van der Waals surface area contributed by atoms with Crippen molar-refractivity contribution in [2.45, 2.75) is 44.4 Å². The molecule has 1 aromatic carbocycles. The minimum Gasteiger partial charge on any atom is -0.126 e. The van der Waals surface area contributed by atoms with E-state index in [0.29, 0.717) is 11.3 Å². The van der Waals surface area contributed by atoms with Crippen molar-refractivity contribution >= 4 is 29.2 Å². The lowest BCUT2D eigenvalue weighted by Crippen LogP contribution is -2.48. The molecule has 0 aliphatic heterocycles. The second-order valence-electron chi connectivity index (χ2n) is 7.22. The van der Waals surface area contributed by atoms with Crippen LogP contribution in [0.25, 0.3) is 0 Å². The van der Waals surface area contributed by atoms with E-state index in [4.69, 9.17) is 23.8 Å². The summed E-state index contributed by atoms with van der Waals surface area (Å²) >= 11 is 11.6. The van der Waals surface area contributed by atoms with E-state index in [1.165, 1.54) is 37.7 Å². The predicted octanol–water partition coefficient (Wildman–Crippen LogP) is 5.38. The Morgan fingerprint density at radius 1 is 1.30 bits per heavy atom. The Bertz CT molecular complexity index is 485. The zero-order chi connectivity index (χ0) is 14.2. The normalized spacial score (nSPS) is 40.3. The van der Waals surface area contributed by atoms with Crippen molar-refractivity contribution in [2.75, 3.05) is 5.88 Å². The number of benzene rings is 1. The van der Waals surface area contributed by atoms with Gasteiger partial charge in [0.15, 0.2) is 0 Å². The van der Waals surface area contributed by atoms with Crippen LogP contribution >= 0.6 is 23.8 Å². The lowest BCUT2D eigenvalue weighted by Gasteiger charge is -2.54. The summed E-state index contributed by atoms with van der Waals surface area (Å²) in [6.07, 6.45) is 6.27. The number of alkyl halides is 1. The quantitative estimate of drug-likeness (QED) is 0.533. The topological polar surface area (TPSA) is 0 Å². The van der Waals surface area contributed by atoms with Crippen molar-refractivity contribution < 1.29 is 0 Å². The van der Waals surface area contributed by atoms with Gasteiger partial charge in [0.2, 0.25) is 0 Å². The average Bonchev–Trinajstić information content (AvgIpc) is 2.48. The molecule has 2 bridgehead atoms. The molecular weight excluding hydrogens is 284 g/mol. The Hall–Kier alpha value is -0.400. The van der Waals surface area contributed by atoms with Gasteiger partial charge in [-0.25, -0.2) is 0 Å². The molecule has 2 aliphatic rings. The van der Waals surface area contributed by atoms with E-state index in [9.17, 15) is 0 Å². The molecular formula is C18H23ClS. The summed E-state index contributed by atoms with van der Waals surface area (Å²) in [5, 5.41) is 2.04. The van der Waals surface area contributed by atoms with Crippen LogP contribution in [0.15, 0.2) is 30.3 Å². The molecule has 20 heavy (non-hydrogen) atoms. The maximum atomic E-state index is 6.22. The van der Waals surface area contributed by atoms with E-state index in [1.807, 2.05) is 5.37 Å². The van der Waals surface area contributed by atoms with Gasteiger partial charge in [-0.05, 0) is 65.7 Å². The zero-order valence-electron chi connectivity index (χ0n) is 12.1. The number of thiocarbonyl (C=S) groups is 1. The Morgan fingerprint density at radius 3 is 2.70 bits per heavy atom. The first kappa shape index (κ1) is 14.5. The highest BCUT2D eigenvalue weighted by Crippen LogP contribution is 2.57. The van der Waals surface area contributed by atoms with Crippen LogP contribution in [0.2, 0.25) is 0 Å². The van der Waals surface area contributed by atoms with Gasteiger partial charge in [0.1, 0.15) is 0 Å². The highest BCUT2D eigenvalue weighted by atomic mass is 35.5. The summed E-state index contributed by atoms with van der Waals surface area (Å²) in [5.41, 5.74) is 2.04. The number of fused-ring (bicyclic) bond motifs is 2. The van der Waals surface area contributed by atoms with Gasteiger partial charge < -0.3 is 0 Å². The third-order valence-electron chi connectivity index (χ3n) is 5.65. The second-order valence-corrected chi connectivity index (χ2v) is 7.76. The second kappa shape index (κ2) is 5.42. The summed E-state index contributed by atoms with van der Waals surface area (Å²) < 4.78 is 0. The van der Waals surface area contributed by atoms with Crippen molar-refractivity contribution in [2.24, 2.45) is 17.3 Å². The first-order valence-electron chi connectivity index (χ1n) is 7.69. The maximum Gasteiger partial charge on any atom is 0.0254 e. The molecule has 2 saturated carbocycles. The summed E-state index contributed by atoms with van der Waals surface area (Å²) in [6, 6.07) is 11.1. The molecule has 108 valence electrons. The molecule has 0 nitrogen and oxygen atoms in total. The SMILES string of the molecule is CC1(C=S)CC2CC(c3ccccc3)(CCC2CCl)C1. The minimum atomic E-state index is 0.193. The fraction of sp³-hybridized carbons (Fsp3) is 0.611. The maximum absolute atomic E-state index is 6.22. The van der Waals surface area contributed by atoms with Gasteiger partial charge in [-0.2, -0.15) is 0 Å². The molecule has 0 heterocycles. The monoisotopic (exact) mass is 306 g/mol. The van der Waals surface area contributed by atoms with Crippen LogP contribution in [-0.4, -0.2) is 11.2 Å². The molecule has 0 saturated heterocycles. The van der Waals surface area contributed by atoms with E-state index in [0.717, 1.165) is 11.8 Å². The number of rotatable bonds is 3. The number of hydrogen-bond donors (Lipinski definition) is 0. The van der Waals surface area contributed by atoms with Crippen LogP contribution in [0, 0.1) is 17.3 Å². The van der Waals surface area contributed by atoms with Gasteiger partial charge >= 0.3 is 0 Å². The van der Waals surface area contributed by atoms with Gasteiger partial charge in [-0.1, -0.05) is 49.5 Å². The summed E-state index contributed by atoms with van der Waals surface area (Å²) in [5.74, 6) is 2.23. The average molecular weight is 307 g/mol. The third-order valence-corrected chi connectivity index (χ3v) is 6.62. The third kappa shape index (κ3) is 2.44. The standard InChI is InChI=1S/C18H23ClS/c1-17(13-20)9-15-10-18(12-17,8-7-14(15)11-19)16-5-3-2-4-6-16/h2-6,13-15H,7-12H2,1H3. The molecule has 0 N–H and O–H groups in total. The van der Waals surface area contributed by atoms with Crippen molar-refractivity contribution in [1.29, 1.82) is 0 Å². The Labute approximate surface area is 132 Å². The fourth-order valence-electron chi connectivity index (χ4n) is 4.76. The van der Waals surface area contributed by atoms with Crippen LogP contribution in [0.5, 0.6) is 0 Å². The molecule has 4 unspecified atom stereocenters. The fourth-order valence-corrected chi connectivity index (χ4v) is 5.35. The summed E-state index contributed by atoms with van der Waals surface area (Å²) in [6.45, 7) is 2.35. The van der Waals surface area contributed by atoms with Crippen LogP contribution in [0.3, 0.4) is 0 Å². The van der Waals surface area contributed by atoms with Crippen molar-refractivity contribution in [3.63, 3.8) is 0 Å². The van der Waals surface area contributed by atoms with Gasteiger partial charge in [0, 0.05) is 5.88 Å². The van der Waals surface area contributed by atoms with Crippen LogP contribution in [0.1, 0.15) is 44.6 Å². The zero-order valence-corrected chi connectivity index (χ0v) is 13.7. The highest BCUT2D eigenvalue weighted by molar-refractivity contribution is 7.79. The number of hydrogen-bond acceptors (Lipinski definition) is 1. The molecule has 3 rings (SSSR count). The van der Waals surface area contributed by atoms with Crippen LogP contribution < -0.4 is 0 Å². The molecule has 4 atom stereocenters. The van der Waals surface area contributed by atoms with Crippen molar-refractivity contribution in [3.05, 3.63) is 35.9 Å². The molecule has 2 aliphatic carbocycles. The van der Waals surface area contributed by atoms with Gasteiger partial charge in [0.25, 0.3) is 0 Å². The Balaban J connectivity index is 1.99. The molecule has 0 spiro atoms. The minimum absolute atomic E-state index is 0.193. The molecule has 0 radical (unpaired) electrons. The van der Waals surface area contributed by atoms with E-state index < -0.39 is 0 Å². The van der Waals surface area contributed by atoms with Gasteiger partial charge in [-0.15, -0.1) is 11.6 Å². The number of halogens is 1. The van der Waals surface area contributed by atoms with E-state index in [1.54, 1.807) is 0 Å². The van der Waals surface area contributed by atoms with E-state index >= 15 is 0 Å². The largest absolute Gasteiger partial charge is 0.126 e. The summed E-state index contributed by atoms with van der Waals surface area (Å²) in [7, 11) is 0. The smallest absolute Gasteiger partial charge is 0.0254 e. The van der Waals surface area contributed by atoms with Crippen molar-refractivity contribution in [1.82, 2.24) is 0 Å². The van der Waals surface area contributed by atoms with E-state index in [-0.39, 0.29) is 5.41 Å². The predicted molar refractivity (Wildman–Crippen MR) is 90.7 cm³/mol. The lowest BCUT2D eigenvalue weighted by molar-refractivity contribution is 0.0496. The first-order chi connectivity index (χ1) is 9.61. The van der Waals surface area contributed by atoms with Gasteiger partial charge in [-0.3, -0.25) is 0 Å². The molecule has 2 fully saturated rings. The van der Waals surface area contributed by atoms with Gasteiger partial charge in [0.05, 0.1) is 0 Å². The van der Waals surface area contributed by atoms with Crippen molar-refractivity contribution in [3.8, 4) is 0 Å². The Kier molecular flexibility index (Phi) is 3.94. The molecule has 0 amide bonds. The first-order valence-corrected chi connectivity index (χ1v) is 8.69. The van der Waals surface area contributed by atoms with E-state index in [2.05, 4.69) is 37.3 Å². The van der Waals surface area contributed by atoms with Crippen LogP contribution in [0.4, 0.5) is 0 Å². The lowest BCUT2D eigenvalue weighted by atomic mass is 9.50. The highest BCUT2D eigenvalue weighted by Gasteiger charge is 2.50. The Morgan fingerprint density at radius 2 is 2.05 bits per heavy atom.